The van der Waals surface area contributed by atoms with Crippen molar-refractivity contribution in [2.45, 2.75) is 63.9 Å². The van der Waals surface area contributed by atoms with Crippen molar-refractivity contribution >= 4 is 0 Å². The van der Waals surface area contributed by atoms with Crippen LogP contribution in [0.3, 0.4) is 0 Å². The number of allylic oxidation sites excluding steroid dienone is 1. The van der Waals surface area contributed by atoms with Crippen LogP contribution < -0.4 is 4.74 Å². The summed E-state index contributed by atoms with van der Waals surface area (Å²) in [5.74, 6) is -4.75. The van der Waals surface area contributed by atoms with Gasteiger partial charge >= 0.3 is 6.11 Å². The fourth-order valence-corrected chi connectivity index (χ4v) is 4.70. The molecule has 1 aromatic rings. The molecule has 0 heterocycles. The van der Waals surface area contributed by atoms with E-state index in [0.29, 0.717) is 55.6 Å². The lowest BCUT2D eigenvalue weighted by Crippen LogP contribution is -2.37. The summed E-state index contributed by atoms with van der Waals surface area (Å²) < 4.78 is 72.9. The van der Waals surface area contributed by atoms with Crippen LogP contribution in [0.4, 0.5) is 22.0 Å². The molecule has 28 heavy (non-hydrogen) atoms. The highest BCUT2D eigenvalue weighted by Gasteiger charge is 2.44. The zero-order valence-corrected chi connectivity index (χ0v) is 15.9. The van der Waals surface area contributed by atoms with Crippen LogP contribution in [0.15, 0.2) is 24.8 Å². The summed E-state index contributed by atoms with van der Waals surface area (Å²) in [6.07, 6.45) is 6.30. The molecule has 2 aliphatic rings. The third-order valence-corrected chi connectivity index (χ3v) is 6.42. The first kappa shape index (κ1) is 21.1. The summed E-state index contributed by atoms with van der Waals surface area (Å²) in [7, 11) is 0. The van der Waals surface area contributed by atoms with Gasteiger partial charge in [0.25, 0.3) is 0 Å². The van der Waals surface area contributed by atoms with Crippen molar-refractivity contribution in [3.63, 3.8) is 0 Å². The van der Waals surface area contributed by atoms with Crippen molar-refractivity contribution in [1.29, 1.82) is 0 Å². The normalized spacial score (nSPS) is 28.8. The SMILES string of the molecule is C=CC1CCC(CC2CCC(C(F)(F)Oc3cc(F)c(F)c(F)c3)CC2)CC1.[HH].[HH]. The van der Waals surface area contributed by atoms with Crippen molar-refractivity contribution < 1.29 is 29.5 Å². The first-order valence-corrected chi connectivity index (χ1v) is 10.1. The Balaban J connectivity index is 0.00000225. The fourth-order valence-electron chi connectivity index (χ4n) is 4.70. The van der Waals surface area contributed by atoms with Crippen molar-refractivity contribution in [1.82, 2.24) is 0 Å². The number of benzene rings is 1. The van der Waals surface area contributed by atoms with E-state index in [1.165, 1.54) is 25.7 Å². The molecule has 0 amide bonds. The minimum Gasteiger partial charge on any atom is -0.432 e. The molecular formula is C22H31F5O. The van der Waals surface area contributed by atoms with Gasteiger partial charge in [-0.05, 0) is 75.5 Å². The summed E-state index contributed by atoms with van der Waals surface area (Å²) in [5, 5.41) is 0. The predicted molar refractivity (Wildman–Crippen MR) is 102 cm³/mol. The van der Waals surface area contributed by atoms with Crippen LogP contribution in [0.25, 0.3) is 0 Å². The third kappa shape index (κ3) is 5.06. The van der Waals surface area contributed by atoms with Crippen molar-refractivity contribution in [2.75, 3.05) is 0 Å². The molecule has 0 radical (unpaired) electrons. The lowest BCUT2D eigenvalue weighted by atomic mass is 9.73. The summed E-state index contributed by atoms with van der Waals surface area (Å²) in [4.78, 5) is 0. The molecule has 0 aliphatic heterocycles. The van der Waals surface area contributed by atoms with Gasteiger partial charge in [-0.3, -0.25) is 0 Å². The van der Waals surface area contributed by atoms with Gasteiger partial charge in [0.1, 0.15) is 5.75 Å². The maximum Gasteiger partial charge on any atom is 0.400 e. The Hall–Kier alpha value is -1.59. The van der Waals surface area contributed by atoms with E-state index < -0.39 is 35.2 Å². The van der Waals surface area contributed by atoms with Crippen LogP contribution in [-0.4, -0.2) is 6.11 Å². The van der Waals surface area contributed by atoms with E-state index >= 15 is 0 Å². The number of halogens is 5. The number of alkyl halides is 2. The van der Waals surface area contributed by atoms with Gasteiger partial charge in [-0.2, -0.15) is 8.78 Å². The molecule has 2 saturated carbocycles. The smallest absolute Gasteiger partial charge is 0.400 e. The van der Waals surface area contributed by atoms with Crippen LogP contribution in [0.5, 0.6) is 5.75 Å². The number of rotatable bonds is 6. The summed E-state index contributed by atoms with van der Waals surface area (Å²) in [5.41, 5.74) is 0. The first-order valence-electron chi connectivity index (χ1n) is 10.1. The maximum atomic E-state index is 14.5. The standard InChI is InChI=1S/C22H27F5O.2H2/c1-2-14-3-5-15(6-4-14)11-16-7-9-17(10-8-16)22(26,27)28-18-12-19(23)21(25)20(24)13-18;;/h2,12-17H,1,3-11H2;2*1H. The van der Waals surface area contributed by atoms with Crippen molar-refractivity contribution in [3.05, 3.63) is 42.2 Å². The number of hydrogen-bond acceptors (Lipinski definition) is 1. The maximum absolute atomic E-state index is 14.5. The summed E-state index contributed by atoms with van der Waals surface area (Å²) in [6.45, 7) is 3.86. The lowest BCUT2D eigenvalue weighted by Gasteiger charge is -2.35. The quantitative estimate of drug-likeness (QED) is 0.266. The van der Waals surface area contributed by atoms with Gasteiger partial charge in [0.15, 0.2) is 17.5 Å². The highest BCUT2D eigenvalue weighted by Crippen LogP contribution is 2.43. The zero-order valence-electron chi connectivity index (χ0n) is 15.9. The zero-order chi connectivity index (χ0) is 20.3. The molecule has 2 aliphatic carbocycles. The molecule has 160 valence electrons. The molecule has 1 aromatic carbocycles. The molecule has 2 fully saturated rings. The van der Waals surface area contributed by atoms with E-state index in [9.17, 15) is 22.0 Å². The van der Waals surface area contributed by atoms with Crippen LogP contribution in [-0.2, 0) is 0 Å². The predicted octanol–water partition coefficient (Wildman–Crippen LogP) is 7.76. The molecular weight excluding hydrogens is 375 g/mol. The topological polar surface area (TPSA) is 9.23 Å². The summed E-state index contributed by atoms with van der Waals surface area (Å²) in [6, 6.07) is 0.912. The lowest BCUT2D eigenvalue weighted by molar-refractivity contribution is -0.223. The molecule has 0 spiro atoms. The Bertz CT molecular complexity index is 661. The second-order valence-electron chi connectivity index (χ2n) is 8.33. The molecule has 0 atom stereocenters. The highest BCUT2D eigenvalue weighted by molar-refractivity contribution is 5.25. The van der Waals surface area contributed by atoms with Crippen molar-refractivity contribution in [2.24, 2.45) is 23.7 Å². The van der Waals surface area contributed by atoms with E-state index in [-0.39, 0.29) is 2.85 Å². The Morgan fingerprint density at radius 1 is 0.929 bits per heavy atom. The molecule has 0 aromatic heterocycles. The van der Waals surface area contributed by atoms with Gasteiger partial charge < -0.3 is 4.74 Å². The average molecular weight is 406 g/mol. The molecule has 0 saturated heterocycles. The third-order valence-electron chi connectivity index (χ3n) is 6.42. The Morgan fingerprint density at radius 3 is 1.93 bits per heavy atom. The van der Waals surface area contributed by atoms with Crippen LogP contribution in [0, 0.1) is 41.1 Å². The largest absolute Gasteiger partial charge is 0.432 e. The number of hydrogen-bond donors (Lipinski definition) is 0. The molecule has 0 bridgehead atoms. The van der Waals surface area contributed by atoms with Gasteiger partial charge in [0, 0.05) is 15.0 Å². The monoisotopic (exact) mass is 406 g/mol. The second kappa shape index (κ2) is 8.83. The molecule has 6 heteroatoms. The van der Waals surface area contributed by atoms with E-state index in [2.05, 4.69) is 11.3 Å². The Kier molecular flexibility index (Phi) is 6.66. The van der Waals surface area contributed by atoms with Crippen LogP contribution in [0.1, 0.15) is 60.6 Å². The minimum absolute atomic E-state index is 0. The van der Waals surface area contributed by atoms with Gasteiger partial charge in [-0.1, -0.05) is 6.08 Å². The minimum atomic E-state index is -3.54. The Labute approximate surface area is 165 Å². The highest BCUT2D eigenvalue weighted by atomic mass is 19.3. The van der Waals surface area contributed by atoms with Crippen molar-refractivity contribution in [3.8, 4) is 5.75 Å². The van der Waals surface area contributed by atoms with Crippen LogP contribution in [0.2, 0.25) is 0 Å². The Morgan fingerprint density at radius 2 is 1.43 bits per heavy atom. The fraction of sp³-hybridized carbons (Fsp3) is 0.636. The van der Waals surface area contributed by atoms with Gasteiger partial charge in [-0.25, -0.2) is 13.2 Å². The van der Waals surface area contributed by atoms with E-state index in [0.717, 1.165) is 6.42 Å². The molecule has 3 rings (SSSR count). The molecule has 0 N–H and O–H groups in total. The van der Waals surface area contributed by atoms with Crippen LogP contribution >= 0.6 is 0 Å². The van der Waals surface area contributed by atoms with E-state index in [1.54, 1.807) is 0 Å². The molecule has 0 unspecified atom stereocenters. The second-order valence-corrected chi connectivity index (χ2v) is 8.33. The van der Waals surface area contributed by atoms with E-state index in [1.807, 2.05) is 6.08 Å². The molecule has 1 nitrogen and oxygen atoms in total. The first-order chi connectivity index (χ1) is 13.3. The summed E-state index contributed by atoms with van der Waals surface area (Å²) >= 11 is 0. The number of ether oxygens (including phenoxy) is 1. The van der Waals surface area contributed by atoms with E-state index in [4.69, 9.17) is 0 Å². The average Bonchev–Trinajstić information content (AvgIpc) is 2.67. The van der Waals surface area contributed by atoms with Gasteiger partial charge in [0.05, 0.1) is 5.92 Å². The van der Waals surface area contributed by atoms with Gasteiger partial charge in [-0.15, -0.1) is 6.58 Å². The van der Waals surface area contributed by atoms with Gasteiger partial charge in [0.2, 0.25) is 0 Å².